The number of hydrogen-bond donors (Lipinski definition) is 3. The molecular weight excluding hydrogens is 1400 g/mol. The van der Waals surface area contributed by atoms with Crippen molar-refractivity contribution < 1.29 is 80.2 Å². The van der Waals surface area contributed by atoms with Crippen LogP contribution in [0.15, 0.2) is 194 Å². The molecule has 5 unspecified atom stereocenters. The summed E-state index contributed by atoms with van der Waals surface area (Å²) in [6.07, 6.45) is 97.1. The molecule has 0 aromatic carbocycles. The van der Waals surface area contributed by atoms with E-state index in [0.29, 0.717) is 32.1 Å². The summed E-state index contributed by atoms with van der Waals surface area (Å²) < 4.78 is 68.5. The summed E-state index contributed by atoms with van der Waals surface area (Å²) in [4.78, 5) is 73.0. The van der Waals surface area contributed by atoms with Gasteiger partial charge < -0.3 is 33.8 Å². The van der Waals surface area contributed by atoms with Gasteiger partial charge in [0.2, 0.25) is 0 Å². The van der Waals surface area contributed by atoms with Crippen molar-refractivity contribution in [1.82, 2.24) is 0 Å². The summed E-state index contributed by atoms with van der Waals surface area (Å²) in [6, 6.07) is 0. The monoisotopic (exact) mass is 1540 g/mol. The van der Waals surface area contributed by atoms with E-state index in [1.165, 1.54) is 38.5 Å². The topological polar surface area (TPSA) is 237 Å². The predicted octanol–water partition coefficient (Wildman–Crippen LogP) is 24.1. The molecule has 0 rings (SSSR count). The lowest BCUT2D eigenvalue weighted by Gasteiger charge is -2.21. The molecule has 0 spiro atoms. The molecule has 0 aliphatic heterocycles. The molecule has 3 N–H and O–H groups in total. The molecule has 0 fully saturated rings. The summed E-state index contributed by atoms with van der Waals surface area (Å²) in [5, 5.41) is 10.6. The second-order valence-corrected chi connectivity index (χ2v) is 29.1. The van der Waals surface area contributed by atoms with Gasteiger partial charge in [-0.3, -0.25) is 37.3 Å². The van der Waals surface area contributed by atoms with Crippen molar-refractivity contribution >= 4 is 39.5 Å². The first-order chi connectivity index (χ1) is 52.7. The summed E-state index contributed by atoms with van der Waals surface area (Å²) >= 11 is 0. The number of rotatable bonds is 74. The van der Waals surface area contributed by atoms with E-state index >= 15 is 0 Å². The summed E-state index contributed by atoms with van der Waals surface area (Å²) in [7, 11) is -10.0. The standard InChI is InChI=1S/C89H142O17P2/c1-5-9-13-17-21-25-29-32-35-38-41-44-47-50-54-57-61-65-69-73-86(91)99-79-84(105-88(93)75-71-67-63-59-53-28-24-20-16-12-8-4)81-103-107(95,96)101-77-83(90)78-102-108(97,98)104-82-85(106-89(94)76-72-68-64-60-56-52-49-46-43-40-37-34-31-27-23-19-15-11-7-3)80-100-87(92)74-70-66-62-58-55-51-48-45-42-39-36-33-30-26-22-18-14-10-6-2/h9-11,13-15,21-23,25-27,32-37,41-46,50-52,54-56,61,65,83-85,90H,5-8,12,16-20,24,28-31,38-40,47-49,53,57-60,62-64,66-82H2,1-4H3,(H,95,96)(H,97,98)/b13-9-,14-10-,15-11-,25-21-,26-22-,27-23-,35-32-,36-33-,37-34-,44-41-,45-42-,46-43-,54-50-,55-51-,56-52-,65-61-. The molecule has 0 saturated carbocycles. The summed E-state index contributed by atoms with van der Waals surface area (Å²) in [6.45, 7) is 4.34. The number of unbranched alkanes of at least 4 members (excludes halogenated alkanes) is 16. The number of carbonyl (C=O) groups is 4. The fourth-order valence-electron chi connectivity index (χ4n) is 10.0. The maximum Gasteiger partial charge on any atom is 0.472 e. The Balaban J connectivity index is 5.49. The van der Waals surface area contributed by atoms with Crippen LogP contribution in [0.1, 0.15) is 285 Å². The average Bonchev–Trinajstić information content (AvgIpc) is 0.899. The first kappa shape index (κ1) is 102. The van der Waals surface area contributed by atoms with Gasteiger partial charge in [-0.15, -0.1) is 0 Å². The highest BCUT2D eigenvalue weighted by Crippen LogP contribution is 2.45. The predicted molar refractivity (Wildman–Crippen MR) is 445 cm³/mol. The molecule has 0 radical (unpaired) electrons. The minimum absolute atomic E-state index is 0.0300. The van der Waals surface area contributed by atoms with Gasteiger partial charge in [-0.25, -0.2) is 9.13 Å². The fourth-order valence-corrected chi connectivity index (χ4v) is 11.6. The number of aliphatic hydroxyl groups excluding tert-OH is 1. The first-order valence-corrected chi connectivity index (χ1v) is 43.7. The smallest absolute Gasteiger partial charge is 0.462 e. The van der Waals surface area contributed by atoms with Crippen molar-refractivity contribution in [3.05, 3.63) is 194 Å². The Bertz CT molecular complexity index is 2810. The normalized spacial score (nSPS) is 14.8. The molecule has 0 bridgehead atoms. The molecule has 0 aliphatic carbocycles. The van der Waals surface area contributed by atoms with Crippen LogP contribution < -0.4 is 0 Å². The first-order valence-electron chi connectivity index (χ1n) is 40.7. The zero-order valence-corrected chi connectivity index (χ0v) is 68.5. The van der Waals surface area contributed by atoms with Gasteiger partial charge in [0.25, 0.3) is 0 Å². The summed E-state index contributed by atoms with van der Waals surface area (Å²) in [5.41, 5.74) is 0. The second kappa shape index (κ2) is 79.0. The van der Waals surface area contributed by atoms with Crippen molar-refractivity contribution in [2.24, 2.45) is 0 Å². The fraction of sp³-hybridized carbons (Fsp3) is 0.596. The van der Waals surface area contributed by atoms with Gasteiger partial charge in [0.1, 0.15) is 19.3 Å². The lowest BCUT2D eigenvalue weighted by molar-refractivity contribution is -0.161. The Hall–Kier alpha value is -6.10. The lowest BCUT2D eigenvalue weighted by Crippen LogP contribution is -2.30. The third-order valence-electron chi connectivity index (χ3n) is 16.1. The quantitative estimate of drug-likeness (QED) is 0.0169. The number of hydrogen-bond acceptors (Lipinski definition) is 15. The van der Waals surface area contributed by atoms with E-state index in [9.17, 15) is 43.2 Å². The third kappa shape index (κ3) is 78.0. The molecule has 0 saturated heterocycles. The molecule has 0 heterocycles. The Morgan fingerprint density at radius 3 is 0.796 bits per heavy atom. The molecule has 19 heteroatoms. The van der Waals surface area contributed by atoms with Crippen LogP contribution in [0.5, 0.6) is 0 Å². The molecule has 0 aromatic heterocycles. The Labute approximate surface area is 653 Å². The van der Waals surface area contributed by atoms with E-state index in [1.54, 1.807) is 0 Å². The van der Waals surface area contributed by atoms with E-state index in [0.717, 1.165) is 161 Å². The van der Waals surface area contributed by atoms with E-state index in [2.05, 4.69) is 204 Å². The van der Waals surface area contributed by atoms with Crippen LogP contribution in [0.4, 0.5) is 0 Å². The van der Waals surface area contributed by atoms with E-state index in [-0.39, 0.29) is 25.7 Å². The zero-order chi connectivity index (χ0) is 78.9. The highest BCUT2D eigenvalue weighted by molar-refractivity contribution is 7.47. The number of carbonyl (C=O) groups excluding carboxylic acids is 4. The van der Waals surface area contributed by atoms with Crippen LogP contribution in [-0.2, 0) is 65.4 Å². The number of ether oxygens (including phenoxy) is 4. The van der Waals surface area contributed by atoms with Crippen molar-refractivity contribution in [3.63, 3.8) is 0 Å². The zero-order valence-electron chi connectivity index (χ0n) is 66.7. The van der Waals surface area contributed by atoms with Gasteiger partial charge in [-0.2, -0.15) is 0 Å². The molecule has 108 heavy (non-hydrogen) atoms. The van der Waals surface area contributed by atoms with Crippen LogP contribution in [-0.4, -0.2) is 96.7 Å². The van der Waals surface area contributed by atoms with Crippen molar-refractivity contribution in [3.8, 4) is 0 Å². The lowest BCUT2D eigenvalue weighted by atomic mass is 10.1. The van der Waals surface area contributed by atoms with Crippen LogP contribution in [0.2, 0.25) is 0 Å². The van der Waals surface area contributed by atoms with Crippen LogP contribution in [0.25, 0.3) is 0 Å². The molecule has 0 amide bonds. The van der Waals surface area contributed by atoms with Gasteiger partial charge in [0.15, 0.2) is 12.2 Å². The van der Waals surface area contributed by atoms with E-state index < -0.39 is 97.5 Å². The molecule has 5 atom stereocenters. The van der Waals surface area contributed by atoms with Gasteiger partial charge in [-0.05, 0) is 154 Å². The molecule has 0 aliphatic rings. The SMILES string of the molecule is CC/C=C\C/C=C\C/C=C\C/C=C\C/C=C\C/C=C\CCC(=O)OCC(COP(=O)(O)OCC(O)COP(=O)(O)OCC(COC(=O)CCCCC/C=C\C/C=C\C/C=C\C/C=C\C/C=C\CC)OC(=O)CCCCC/C=C\C/C=C\C/C=C\C/C=C\C/C=C\CC)OC(=O)CCCCCCCCCCCCC. The largest absolute Gasteiger partial charge is 0.472 e. The molecule has 17 nitrogen and oxygen atoms in total. The Morgan fingerprint density at radius 1 is 0.269 bits per heavy atom. The van der Waals surface area contributed by atoms with Crippen LogP contribution in [0, 0.1) is 0 Å². The number of phosphoric ester groups is 2. The van der Waals surface area contributed by atoms with Crippen molar-refractivity contribution in [2.75, 3.05) is 39.6 Å². The number of allylic oxidation sites excluding steroid dienone is 32. The van der Waals surface area contributed by atoms with Gasteiger partial charge in [0, 0.05) is 25.7 Å². The van der Waals surface area contributed by atoms with Gasteiger partial charge >= 0.3 is 39.5 Å². The van der Waals surface area contributed by atoms with Gasteiger partial charge in [0.05, 0.1) is 26.4 Å². The van der Waals surface area contributed by atoms with Crippen LogP contribution in [0.3, 0.4) is 0 Å². The third-order valence-corrected chi connectivity index (χ3v) is 18.0. The van der Waals surface area contributed by atoms with Crippen LogP contribution >= 0.6 is 15.6 Å². The number of phosphoric acid groups is 2. The number of aliphatic hydroxyl groups is 1. The molecular formula is C89H142O17P2. The van der Waals surface area contributed by atoms with E-state index in [4.69, 9.17) is 37.0 Å². The average molecular weight is 1550 g/mol. The maximum absolute atomic E-state index is 13.1. The number of esters is 4. The maximum atomic E-state index is 13.1. The highest BCUT2D eigenvalue weighted by Gasteiger charge is 2.30. The molecule has 610 valence electrons. The molecule has 0 aromatic rings. The summed E-state index contributed by atoms with van der Waals surface area (Å²) in [5.74, 6) is -2.36. The van der Waals surface area contributed by atoms with Crippen molar-refractivity contribution in [1.29, 1.82) is 0 Å². The Kier molecular flexibility index (Phi) is 74.5. The highest BCUT2D eigenvalue weighted by atomic mass is 31.2. The second-order valence-electron chi connectivity index (χ2n) is 26.2. The Morgan fingerprint density at radius 2 is 0.500 bits per heavy atom. The minimum Gasteiger partial charge on any atom is -0.462 e. The van der Waals surface area contributed by atoms with Gasteiger partial charge in [-0.1, -0.05) is 299 Å². The van der Waals surface area contributed by atoms with E-state index in [1.807, 2.05) is 18.2 Å². The van der Waals surface area contributed by atoms with Crippen molar-refractivity contribution in [2.45, 2.75) is 303 Å². The minimum atomic E-state index is -5.01.